The zero-order chi connectivity index (χ0) is 17.0. The van der Waals surface area contributed by atoms with Crippen LogP contribution < -0.4 is 4.74 Å². The van der Waals surface area contributed by atoms with E-state index in [4.69, 9.17) is 14.2 Å². The molecule has 23 heavy (non-hydrogen) atoms. The standard InChI is InChI=1S/C15H18O8/c1-21-10-6-8(2-4-9(10)16)3-5-12(17)22-7-11-13(18)14(19)15(20)23-11/h2-6,11,13-16,18-20H,7H2,1H3. The Kier molecular flexibility index (Phi) is 5.56. The van der Waals surface area contributed by atoms with Crippen molar-refractivity contribution in [1.82, 2.24) is 0 Å². The van der Waals surface area contributed by atoms with E-state index >= 15 is 0 Å². The lowest BCUT2D eigenvalue weighted by atomic mass is 10.1. The van der Waals surface area contributed by atoms with E-state index in [9.17, 15) is 25.2 Å². The number of hydrogen-bond donors (Lipinski definition) is 4. The first-order chi connectivity index (χ1) is 10.9. The Morgan fingerprint density at radius 1 is 1.30 bits per heavy atom. The van der Waals surface area contributed by atoms with Crippen LogP contribution in [-0.4, -0.2) is 64.7 Å². The fraction of sp³-hybridized carbons (Fsp3) is 0.400. The van der Waals surface area contributed by atoms with Crippen molar-refractivity contribution < 1.29 is 39.4 Å². The number of aliphatic hydroxyl groups is 3. The number of hydrogen-bond acceptors (Lipinski definition) is 8. The summed E-state index contributed by atoms with van der Waals surface area (Å²) < 4.78 is 14.7. The number of ether oxygens (including phenoxy) is 3. The fourth-order valence-electron chi connectivity index (χ4n) is 2.04. The van der Waals surface area contributed by atoms with Gasteiger partial charge in [0.2, 0.25) is 0 Å². The highest BCUT2D eigenvalue weighted by molar-refractivity contribution is 5.87. The maximum atomic E-state index is 11.6. The summed E-state index contributed by atoms with van der Waals surface area (Å²) in [7, 11) is 1.41. The van der Waals surface area contributed by atoms with Crippen LogP contribution >= 0.6 is 0 Å². The van der Waals surface area contributed by atoms with Crippen molar-refractivity contribution in [2.45, 2.75) is 24.6 Å². The molecule has 0 radical (unpaired) electrons. The highest BCUT2D eigenvalue weighted by Gasteiger charge is 2.42. The van der Waals surface area contributed by atoms with Crippen LogP contribution in [0.3, 0.4) is 0 Å². The van der Waals surface area contributed by atoms with Crippen molar-refractivity contribution in [3.63, 3.8) is 0 Å². The van der Waals surface area contributed by atoms with Gasteiger partial charge in [-0.2, -0.15) is 0 Å². The van der Waals surface area contributed by atoms with Gasteiger partial charge in [0.05, 0.1) is 7.11 Å². The minimum atomic E-state index is -1.51. The summed E-state index contributed by atoms with van der Waals surface area (Å²) >= 11 is 0. The maximum Gasteiger partial charge on any atom is 0.330 e. The van der Waals surface area contributed by atoms with Crippen LogP contribution in [0.2, 0.25) is 0 Å². The molecule has 0 aliphatic carbocycles. The second-order valence-electron chi connectivity index (χ2n) is 4.94. The van der Waals surface area contributed by atoms with Gasteiger partial charge in [0.25, 0.3) is 0 Å². The van der Waals surface area contributed by atoms with Crippen LogP contribution in [0.15, 0.2) is 24.3 Å². The number of methoxy groups -OCH3 is 1. The molecule has 1 aromatic rings. The summed E-state index contributed by atoms with van der Waals surface area (Å²) in [6, 6.07) is 4.54. The van der Waals surface area contributed by atoms with Gasteiger partial charge in [0.1, 0.15) is 24.9 Å². The van der Waals surface area contributed by atoms with Gasteiger partial charge in [-0.05, 0) is 23.8 Å². The number of rotatable bonds is 5. The molecule has 4 unspecified atom stereocenters. The summed E-state index contributed by atoms with van der Waals surface area (Å²) in [4.78, 5) is 11.6. The molecule has 2 rings (SSSR count). The van der Waals surface area contributed by atoms with Crippen molar-refractivity contribution in [3.8, 4) is 11.5 Å². The molecule has 8 heteroatoms. The predicted molar refractivity (Wildman–Crippen MR) is 77.5 cm³/mol. The molecule has 1 saturated heterocycles. The third kappa shape index (κ3) is 4.20. The normalized spacial score (nSPS) is 27.3. The van der Waals surface area contributed by atoms with Crippen LogP contribution in [0.5, 0.6) is 11.5 Å². The summed E-state index contributed by atoms with van der Waals surface area (Å²) in [5.74, 6) is -0.439. The van der Waals surface area contributed by atoms with Gasteiger partial charge in [-0.15, -0.1) is 0 Å². The number of benzene rings is 1. The highest BCUT2D eigenvalue weighted by atomic mass is 16.7. The molecule has 4 N–H and O–H groups in total. The molecular formula is C15H18O8. The van der Waals surface area contributed by atoms with E-state index in [1.165, 1.54) is 25.3 Å². The van der Waals surface area contributed by atoms with Gasteiger partial charge in [0, 0.05) is 6.08 Å². The van der Waals surface area contributed by atoms with Crippen LogP contribution in [0.25, 0.3) is 6.08 Å². The Morgan fingerprint density at radius 2 is 2.04 bits per heavy atom. The lowest BCUT2D eigenvalue weighted by Gasteiger charge is -2.13. The average molecular weight is 326 g/mol. The molecule has 1 fully saturated rings. The Bertz CT molecular complexity index is 585. The average Bonchev–Trinajstić information content (AvgIpc) is 2.79. The minimum Gasteiger partial charge on any atom is -0.504 e. The number of carbonyl (C=O) groups is 1. The van der Waals surface area contributed by atoms with Crippen molar-refractivity contribution in [2.75, 3.05) is 13.7 Å². The Balaban J connectivity index is 1.87. The van der Waals surface area contributed by atoms with Crippen molar-refractivity contribution in [3.05, 3.63) is 29.8 Å². The topological polar surface area (TPSA) is 126 Å². The molecule has 4 atom stereocenters. The van der Waals surface area contributed by atoms with Crippen molar-refractivity contribution in [2.24, 2.45) is 0 Å². The molecule has 1 aromatic carbocycles. The first kappa shape index (κ1) is 17.2. The van der Waals surface area contributed by atoms with E-state index in [-0.39, 0.29) is 18.1 Å². The number of phenols is 1. The molecule has 1 heterocycles. The summed E-state index contributed by atoms with van der Waals surface area (Å²) in [6.45, 7) is -0.308. The zero-order valence-electron chi connectivity index (χ0n) is 12.3. The summed E-state index contributed by atoms with van der Waals surface area (Å²) in [5.41, 5.74) is 0.611. The predicted octanol–water partition coefficient (Wildman–Crippen LogP) is -0.604. The Morgan fingerprint density at radius 3 is 2.65 bits per heavy atom. The van der Waals surface area contributed by atoms with E-state index in [0.717, 1.165) is 6.08 Å². The molecule has 0 saturated carbocycles. The molecule has 8 nitrogen and oxygen atoms in total. The smallest absolute Gasteiger partial charge is 0.330 e. The van der Waals surface area contributed by atoms with Crippen LogP contribution in [0.4, 0.5) is 0 Å². The largest absolute Gasteiger partial charge is 0.504 e. The number of aliphatic hydroxyl groups excluding tert-OH is 3. The van der Waals surface area contributed by atoms with Gasteiger partial charge in [-0.1, -0.05) is 6.07 Å². The van der Waals surface area contributed by atoms with Gasteiger partial charge in [-0.25, -0.2) is 4.79 Å². The Labute approximate surface area is 132 Å². The lowest BCUT2D eigenvalue weighted by molar-refractivity contribution is -0.153. The third-order valence-corrected chi connectivity index (χ3v) is 3.34. The number of phenolic OH excluding ortho intramolecular Hbond substituents is 1. The molecule has 1 aliphatic heterocycles. The first-order valence-electron chi connectivity index (χ1n) is 6.84. The molecule has 0 bridgehead atoms. The monoisotopic (exact) mass is 326 g/mol. The SMILES string of the molecule is COc1cc(C=CC(=O)OCC2OC(O)C(O)C2O)ccc1O. The van der Waals surface area contributed by atoms with Gasteiger partial charge < -0.3 is 34.6 Å². The number of esters is 1. The summed E-state index contributed by atoms with van der Waals surface area (Å²) in [5, 5.41) is 37.5. The maximum absolute atomic E-state index is 11.6. The van der Waals surface area contributed by atoms with Gasteiger partial charge >= 0.3 is 5.97 Å². The molecule has 0 aromatic heterocycles. The molecule has 1 aliphatic rings. The van der Waals surface area contributed by atoms with E-state index in [2.05, 4.69) is 0 Å². The third-order valence-electron chi connectivity index (χ3n) is 3.34. The highest BCUT2D eigenvalue weighted by Crippen LogP contribution is 2.26. The van der Waals surface area contributed by atoms with E-state index in [1.54, 1.807) is 6.07 Å². The van der Waals surface area contributed by atoms with Gasteiger partial charge in [0.15, 0.2) is 17.8 Å². The minimum absolute atomic E-state index is 0.0169. The van der Waals surface area contributed by atoms with E-state index in [1.807, 2.05) is 0 Å². The van der Waals surface area contributed by atoms with Crippen LogP contribution in [0, 0.1) is 0 Å². The molecular weight excluding hydrogens is 308 g/mol. The lowest BCUT2D eigenvalue weighted by Crippen LogP contribution is -2.34. The molecule has 0 spiro atoms. The number of carbonyl (C=O) groups excluding carboxylic acids is 1. The van der Waals surface area contributed by atoms with E-state index in [0.29, 0.717) is 5.56 Å². The second kappa shape index (κ2) is 7.42. The molecule has 126 valence electrons. The zero-order valence-corrected chi connectivity index (χ0v) is 12.3. The second-order valence-corrected chi connectivity index (χ2v) is 4.94. The van der Waals surface area contributed by atoms with Gasteiger partial charge in [-0.3, -0.25) is 0 Å². The van der Waals surface area contributed by atoms with Crippen LogP contribution in [-0.2, 0) is 14.3 Å². The fourth-order valence-corrected chi connectivity index (χ4v) is 2.04. The quantitative estimate of drug-likeness (QED) is 0.417. The van der Waals surface area contributed by atoms with Crippen molar-refractivity contribution >= 4 is 12.0 Å². The van der Waals surface area contributed by atoms with Crippen molar-refractivity contribution in [1.29, 1.82) is 0 Å². The van der Waals surface area contributed by atoms with E-state index < -0.39 is 30.6 Å². The Hall–Kier alpha value is -2.13. The summed E-state index contributed by atoms with van der Waals surface area (Å²) in [6.07, 6.45) is -2.65. The first-order valence-corrected chi connectivity index (χ1v) is 6.84. The number of aromatic hydroxyl groups is 1. The van der Waals surface area contributed by atoms with Crippen LogP contribution in [0.1, 0.15) is 5.56 Å². The molecule has 0 amide bonds.